The second-order valence-electron chi connectivity index (χ2n) is 4.99. The lowest BCUT2D eigenvalue weighted by molar-refractivity contribution is 0.145. The zero-order valence-corrected chi connectivity index (χ0v) is 10.9. The molecule has 1 aromatic heterocycles. The van der Waals surface area contributed by atoms with Crippen molar-refractivity contribution in [1.29, 1.82) is 5.26 Å². The van der Waals surface area contributed by atoms with Gasteiger partial charge in [0, 0.05) is 6.04 Å². The lowest BCUT2D eigenvalue weighted by Crippen LogP contribution is -2.31. The fourth-order valence-corrected chi connectivity index (χ4v) is 2.30. The van der Waals surface area contributed by atoms with E-state index in [4.69, 9.17) is 15.7 Å². The number of nitrogens with two attached hydrogens (primary N) is 1. The van der Waals surface area contributed by atoms with Crippen LogP contribution >= 0.6 is 0 Å². The second-order valence-corrected chi connectivity index (χ2v) is 4.99. The third-order valence-electron chi connectivity index (χ3n) is 3.72. The molecule has 0 spiro atoms. The van der Waals surface area contributed by atoms with Gasteiger partial charge in [-0.25, -0.2) is 4.98 Å². The van der Waals surface area contributed by atoms with E-state index in [0.717, 1.165) is 42.6 Å². The molecule has 1 heterocycles. The van der Waals surface area contributed by atoms with Crippen LogP contribution in [-0.2, 0) is 0 Å². The maximum absolute atomic E-state index is 8.92. The first kappa shape index (κ1) is 12.8. The molecule has 2 N–H and O–H groups in total. The molecule has 0 unspecified atom stereocenters. The highest BCUT2D eigenvalue weighted by atomic mass is 16.5. The smallest absolute Gasteiger partial charge is 0.143 e. The minimum Gasteiger partial charge on any atom is -0.489 e. The summed E-state index contributed by atoms with van der Waals surface area (Å²) in [4.78, 5) is 4.13. The van der Waals surface area contributed by atoms with Gasteiger partial charge in [-0.15, -0.1) is 0 Å². The van der Waals surface area contributed by atoms with Crippen molar-refractivity contribution >= 4 is 0 Å². The third kappa shape index (κ3) is 2.62. The van der Waals surface area contributed by atoms with E-state index in [9.17, 15) is 0 Å². The summed E-state index contributed by atoms with van der Waals surface area (Å²) in [6.45, 7) is 3.88. The van der Waals surface area contributed by atoms with E-state index in [2.05, 4.69) is 11.1 Å². The van der Waals surface area contributed by atoms with Gasteiger partial charge in [0.1, 0.15) is 17.5 Å². The van der Waals surface area contributed by atoms with Crippen LogP contribution in [0.25, 0.3) is 0 Å². The highest BCUT2D eigenvalue weighted by Crippen LogP contribution is 2.27. The number of pyridine rings is 1. The molecule has 96 valence electrons. The van der Waals surface area contributed by atoms with Crippen LogP contribution < -0.4 is 10.5 Å². The van der Waals surface area contributed by atoms with Gasteiger partial charge in [-0.05, 0) is 50.7 Å². The van der Waals surface area contributed by atoms with E-state index >= 15 is 0 Å². The van der Waals surface area contributed by atoms with E-state index in [1.165, 1.54) is 0 Å². The number of hydrogen-bond donors (Lipinski definition) is 1. The fraction of sp³-hybridized carbons (Fsp3) is 0.571. The average molecular weight is 245 g/mol. The van der Waals surface area contributed by atoms with E-state index in [1.807, 2.05) is 13.8 Å². The molecule has 4 heteroatoms. The van der Waals surface area contributed by atoms with Crippen LogP contribution in [0.2, 0.25) is 0 Å². The van der Waals surface area contributed by atoms with Crippen molar-refractivity contribution in [3.63, 3.8) is 0 Å². The first-order valence-electron chi connectivity index (χ1n) is 6.40. The molecule has 1 aliphatic carbocycles. The molecule has 0 bridgehead atoms. The highest BCUT2D eigenvalue weighted by Gasteiger charge is 2.21. The fourth-order valence-electron chi connectivity index (χ4n) is 2.30. The molecule has 0 radical (unpaired) electrons. The molecule has 0 aliphatic heterocycles. The van der Waals surface area contributed by atoms with Crippen molar-refractivity contribution in [3.8, 4) is 11.8 Å². The van der Waals surface area contributed by atoms with Crippen molar-refractivity contribution in [1.82, 2.24) is 4.98 Å². The summed E-state index contributed by atoms with van der Waals surface area (Å²) < 4.78 is 5.99. The number of hydrogen-bond acceptors (Lipinski definition) is 4. The van der Waals surface area contributed by atoms with Crippen LogP contribution in [0, 0.1) is 25.2 Å². The zero-order valence-electron chi connectivity index (χ0n) is 10.9. The van der Waals surface area contributed by atoms with Gasteiger partial charge >= 0.3 is 0 Å². The van der Waals surface area contributed by atoms with Crippen molar-refractivity contribution in [3.05, 3.63) is 23.0 Å². The Morgan fingerprint density at radius 2 is 1.94 bits per heavy atom. The summed E-state index contributed by atoms with van der Waals surface area (Å²) in [5, 5.41) is 8.92. The SMILES string of the molecule is Cc1c(OC2CCC(N)CC2)cnc(C#N)c1C. The summed E-state index contributed by atoms with van der Waals surface area (Å²) in [6.07, 6.45) is 5.94. The van der Waals surface area contributed by atoms with Crippen LogP contribution in [0.3, 0.4) is 0 Å². The molecule has 0 atom stereocenters. The molecule has 0 saturated heterocycles. The number of aromatic nitrogens is 1. The zero-order chi connectivity index (χ0) is 13.1. The molecule has 1 aromatic rings. The molecule has 1 saturated carbocycles. The Hall–Kier alpha value is -1.60. The van der Waals surface area contributed by atoms with Crippen LogP contribution in [-0.4, -0.2) is 17.1 Å². The molecule has 18 heavy (non-hydrogen) atoms. The van der Waals surface area contributed by atoms with Crippen molar-refractivity contribution in [2.45, 2.75) is 51.7 Å². The minimum atomic E-state index is 0.234. The summed E-state index contributed by atoms with van der Waals surface area (Å²) >= 11 is 0. The number of nitriles is 1. The normalized spacial score (nSPS) is 23.4. The molecule has 2 rings (SSSR count). The van der Waals surface area contributed by atoms with E-state index < -0.39 is 0 Å². The Kier molecular flexibility index (Phi) is 3.83. The second kappa shape index (κ2) is 5.36. The number of ether oxygens (including phenoxy) is 1. The van der Waals surface area contributed by atoms with Crippen molar-refractivity contribution in [2.24, 2.45) is 5.73 Å². The van der Waals surface area contributed by atoms with Gasteiger partial charge in [0.05, 0.1) is 12.3 Å². The number of rotatable bonds is 2. The maximum atomic E-state index is 8.92. The minimum absolute atomic E-state index is 0.234. The lowest BCUT2D eigenvalue weighted by atomic mass is 9.93. The van der Waals surface area contributed by atoms with Crippen LogP contribution in [0.4, 0.5) is 0 Å². The summed E-state index contributed by atoms with van der Waals surface area (Å²) in [5.41, 5.74) is 8.27. The van der Waals surface area contributed by atoms with Gasteiger partial charge in [-0.1, -0.05) is 0 Å². The van der Waals surface area contributed by atoms with Crippen molar-refractivity contribution < 1.29 is 4.74 Å². The highest BCUT2D eigenvalue weighted by molar-refractivity contribution is 5.43. The maximum Gasteiger partial charge on any atom is 0.143 e. The standard InChI is InChI=1S/C14H19N3O/c1-9-10(2)14(8-17-13(9)7-15)18-12-5-3-11(16)4-6-12/h8,11-12H,3-6,16H2,1-2H3. The summed E-state index contributed by atoms with van der Waals surface area (Å²) in [5.74, 6) is 0.798. The molecule has 1 fully saturated rings. The van der Waals surface area contributed by atoms with E-state index in [-0.39, 0.29) is 6.10 Å². The number of nitrogens with zero attached hydrogens (tertiary/aromatic N) is 2. The van der Waals surface area contributed by atoms with Gasteiger partial charge < -0.3 is 10.5 Å². The Morgan fingerprint density at radius 1 is 1.28 bits per heavy atom. The molecule has 1 aliphatic rings. The van der Waals surface area contributed by atoms with E-state index in [0.29, 0.717) is 11.7 Å². The Balaban J connectivity index is 2.11. The topological polar surface area (TPSA) is 71.9 Å². The van der Waals surface area contributed by atoms with Gasteiger partial charge in [0.25, 0.3) is 0 Å². The van der Waals surface area contributed by atoms with Gasteiger partial charge in [0.15, 0.2) is 0 Å². The Bertz CT molecular complexity index is 471. The quantitative estimate of drug-likeness (QED) is 0.867. The monoisotopic (exact) mass is 245 g/mol. The first-order chi connectivity index (χ1) is 8.61. The molecule has 4 nitrogen and oxygen atoms in total. The van der Waals surface area contributed by atoms with Crippen molar-refractivity contribution in [2.75, 3.05) is 0 Å². The summed E-state index contributed by atoms with van der Waals surface area (Å²) in [7, 11) is 0. The largest absolute Gasteiger partial charge is 0.489 e. The lowest BCUT2D eigenvalue weighted by Gasteiger charge is -2.27. The third-order valence-corrected chi connectivity index (χ3v) is 3.72. The Labute approximate surface area is 108 Å². The van der Waals surface area contributed by atoms with Crippen LogP contribution in [0.1, 0.15) is 42.5 Å². The van der Waals surface area contributed by atoms with Crippen LogP contribution in [0.5, 0.6) is 5.75 Å². The van der Waals surface area contributed by atoms with Gasteiger partial charge in [-0.2, -0.15) is 5.26 Å². The molecule has 0 amide bonds. The first-order valence-corrected chi connectivity index (χ1v) is 6.40. The van der Waals surface area contributed by atoms with E-state index in [1.54, 1.807) is 6.20 Å². The van der Waals surface area contributed by atoms with Gasteiger partial charge in [-0.3, -0.25) is 0 Å². The predicted octanol–water partition coefficient (Wildman–Crippen LogP) is 2.22. The summed E-state index contributed by atoms with van der Waals surface area (Å²) in [6, 6.07) is 2.42. The molecular formula is C14H19N3O. The predicted molar refractivity (Wildman–Crippen MR) is 69.3 cm³/mol. The Morgan fingerprint density at radius 3 is 2.56 bits per heavy atom. The average Bonchev–Trinajstić information content (AvgIpc) is 2.38. The van der Waals surface area contributed by atoms with Crippen LogP contribution in [0.15, 0.2) is 6.20 Å². The van der Waals surface area contributed by atoms with Gasteiger partial charge in [0.2, 0.25) is 0 Å². The molecular weight excluding hydrogens is 226 g/mol. The molecule has 0 aromatic carbocycles.